The van der Waals surface area contributed by atoms with Gasteiger partial charge in [0.1, 0.15) is 0 Å². The van der Waals surface area contributed by atoms with E-state index in [4.69, 9.17) is 35.4 Å². The molecule has 0 heterocycles. The third-order valence-electron chi connectivity index (χ3n) is 4.27. The maximum absolute atomic E-state index is 9.71. The molecule has 0 aliphatic heterocycles. The number of hydrogen-bond acceptors (Lipinski definition) is 2. The smallest absolute Gasteiger partial charge is 0.175 e. The summed E-state index contributed by atoms with van der Waals surface area (Å²) in [5, 5.41) is 17.6. The van der Waals surface area contributed by atoms with Crippen molar-refractivity contribution in [3.8, 4) is 6.07 Å². The molecule has 140 valence electrons. The van der Waals surface area contributed by atoms with Gasteiger partial charge in [-0.05, 0) is 66.2 Å². The topological polar surface area (TPSA) is 47.9 Å². The first-order chi connectivity index (χ1) is 13.5. The van der Waals surface area contributed by atoms with Crippen molar-refractivity contribution in [2.45, 2.75) is 12.8 Å². The maximum atomic E-state index is 9.71. The Labute approximate surface area is 179 Å². The van der Waals surface area contributed by atoms with Gasteiger partial charge in [-0.15, -0.1) is 0 Å². The van der Waals surface area contributed by atoms with Gasteiger partial charge in [-0.2, -0.15) is 5.26 Å². The molecule has 0 spiro atoms. The van der Waals surface area contributed by atoms with Crippen molar-refractivity contribution in [1.82, 2.24) is 0 Å². The summed E-state index contributed by atoms with van der Waals surface area (Å²) < 4.78 is 0. The Kier molecular flexibility index (Phi) is 6.53. The molecule has 3 aromatic carbocycles. The second-order valence-electron chi connectivity index (χ2n) is 6.25. The van der Waals surface area contributed by atoms with E-state index in [9.17, 15) is 5.26 Å². The zero-order valence-electron chi connectivity index (χ0n) is 15.0. The third kappa shape index (κ3) is 4.82. The molecular weight excluding hydrogens is 409 g/mol. The monoisotopic (exact) mass is 425 g/mol. The van der Waals surface area contributed by atoms with Gasteiger partial charge in [0.15, 0.2) is 5.11 Å². The Hall–Kier alpha value is -2.58. The SMILES string of the molecule is Cc1cc(C(C#N)c2ccc(Cl)cc2)c(Cl)cc1NC(=S)Nc1ccccc1. The van der Waals surface area contributed by atoms with E-state index in [0.717, 1.165) is 28.1 Å². The molecule has 3 rings (SSSR count). The standard InChI is InChI=1S/C22H17Cl2N3S/c1-14-11-18(19(13-25)15-7-9-16(23)10-8-15)20(24)12-21(14)27-22(28)26-17-5-3-2-4-6-17/h2-12,19H,1H3,(H2,26,27,28). The fourth-order valence-electron chi connectivity index (χ4n) is 2.84. The number of aryl methyl sites for hydroxylation is 1. The van der Waals surface area contributed by atoms with E-state index in [-0.39, 0.29) is 0 Å². The van der Waals surface area contributed by atoms with Gasteiger partial charge in [0, 0.05) is 21.4 Å². The molecular formula is C22H17Cl2N3S. The maximum Gasteiger partial charge on any atom is 0.175 e. The van der Waals surface area contributed by atoms with Crippen LogP contribution in [-0.2, 0) is 0 Å². The van der Waals surface area contributed by atoms with Crippen LogP contribution in [0.1, 0.15) is 22.6 Å². The van der Waals surface area contributed by atoms with Crippen molar-refractivity contribution in [2.24, 2.45) is 0 Å². The number of para-hydroxylation sites is 1. The van der Waals surface area contributed by atoms with Crippen LogP contribution < -0.4 is 10.6 Å². The minimum absolute atomic E-state index is 0.465. The summed E-state index contributed by atoms with van der Waals surface area (Å²) in [4.78, 5) is 0. The fourth-order valence-corrected chi connectivity index (χ4v) is 3.47. The summed E-state index contributed by atoms with van der Waals surface area (Å²) in [6, 6.07) is 22.9. The Morgan fingerprint density at radius 1 is 1.00 bits per heavy atom. The average Bonchev–Trinajstić information content (AvgIpc) is 2.68. The van der Waals surface area contributed by atoms with E-state index in [2.05, 4.69) is 16.7 Å². The van der Waals surface area contributed by atoms with Crippen molar-refractivity contribution in [1.29, 1.82) is 5.26 Å². The minimum atomic E-state index is -0.480. The number of hydrogen-bond donors (Lipinski definition) is 2. The van der Waals surface area contributed by atoms with Crippen molar-refractivity contribution in [3.63, 3.8) is 0 Å². The molecule has 0 aliphatic carbocycles. The lowest BCUT2D eigenvalue weighted by atomic mass is 9.91. The average molecular weight is 426 g/mol. The van der Waals surface area contributed by atoms with Gasteiger partial charge in [0.05, 0.1) is 12.0 Å². The van der Waals surface area contributed by atoms with Gasteiger partial charge in [-0.3, -0.25) is 0 Å². The molecule has 2 N–H and O–H groups in total. The van der Waals surface area contributed by atoms with Crippen molar-refractivity contribution in [3.05, 3.63) is 93.5 Å². The van der Waals surface area contributed by atoms with Gasteiger partial charge < -0.3 is 10.6 Å². The number of nitriles is 1. The van der Waals surface area contributed by atoms with E-state index in [0.29, 0.717) is 15.2 Å². The minimum Gasteiger partial charge on any atom is -0.332 e. The van der Waals surface area contributed by atoms with E-state index < -0.39 is 5.92 Å². The molecule has 0 radical (unpaired) electrons. The highest BCUT2D eigenvalue weighted by molar-refractivity contribution is 7.80. The van der Waals surface area contributed by atoms with Crippen LogP contribution in [0.4, 0.5) is 11.4 Å². The first-order valence-corrected chi connectivity index (χ1v) is 9.72. The summed E-state index contributed by atoms with van der Waals surface area (Å²) in [6.07, 6.45) is 0. The number of anilines is 2. The van der Waals surface area contributed by atoms with Crippen LogP contribution in [0.25, 0.3) is 0 Å². The lowest BCUT2D eigenvalue weighted by Gasteiger charge is -2.17. The van der Waals surface area contributed by atoms with Gasteiger partial charge in [-0.1, -0.05) is 59.6 Å². The van der Waals surface area contributed by atoms with Crippen molar-refractivity contribution in [2.75, 3.05) is 10.6 Å². The van der Waals surface area contributed by atoms with Gasteiger partial charge >= 0.3 is 0 Å². The first-order valence-electron chi connectivity index (χ1n) is 8.56. The molecule has 0 saturated carbocycles. The van der Waals surface area contributed by atoms with E-state index >= 15 is 0 Å². The Bertz CT molecular complexity index is 1030. The zero-order chi connectivity index (χ0) is 20.1. The molecule has 28 heavy (non-hydrogen) atoms. The first kappa shape index (κ1) is 20.2. The molecule has 0 bridgehead atoms. The Morgan fingerprint density at radius 3 is 2.32 bits per heavy atom. The second kappa shape index (κ2) is 9.07. The van der Waals surface area contributed by atoms with Crippen LogP contribution in [0, 0.1) is 18.3 Å². The Balaban J connectivity index is 1.83. The lowest BCUT2D eigenvalue weighted by Crippen LogP contribution is -2.19. The predicted octanol–water partition coefficient (Wildman–Crippen LogP) is 6.77. The van der Waals surface area contributed by atoms with Crippen LogP contribution in [0.2, 0.25) is 10.0 Å². The van der Waals surface area contributed by atoms with Crippen LogP contribution in [0.3, 0.4) is 0 Å². The molecule has 0 saturated heterocycles. The quantitative estimate of drug-likeness (QED) is 0.452. The van der Waals surface area contributed by atoms with Gasteiger partial charge in [0.25, 0.3) is 0 Å². The number of rotatable bonds is 4. The third-order valence-corrected chi connectivity index (χ3v) is 5.05. The highest BCUT2D eigenvalue weighted by atomic mass is 35.5. The van der Waals surface area contributed by atoms with Gasteiger partial charge in [0.2, 0.25) is 0 Å². The largest absolute Gasteiger partial charge is 0.332 e. The normalized spacial score (nSPS) is 11.4. The summed E-state index contributed by atoms with van der Waals surface area (Å²) >= 11 is 17.9. The highest BCUT2D eigenvalue weighted by Gasteiger charge is 2.18. The fraction of sp³-hybridized carbons (Fsp3) is 0.0909. The molecule has 0 aliphatic rings. The molecule has 0 amide bonds. The zero-order valence-corrected chi connectivity index (χ0v) is 17.4. The van der Waals surface area contributed by atoms with Crippen LogP contribution in [0.15, 0.2) is 66.7 Å². The van der Waals surface area contributed by atoms with E-state index in [1.165, 1.54) is 0 Å². The predicted molar refractivity (Wildman–Crippen MR) is 121 cm³/mol. The number of nitrogens with one attached hydrogen (secondary N) is 2. The molecule has 1 atom stereocenters. The second-order valence-corrected chi connectivity index (χ2v) is 7.50. The molecule has 1 unspecified atom stereocenters. The summed E-state index contributed by atoms with van der Waals surface area (Å²) in [7, 11) is 0. The lowest BCUT2D eigenvalue weighted by molar-refractivity contribution is 1.03. The number of nitrogens with zero attached hydrogens (tertiary/aromatic N) is 1. The summed E-state index contributed by atoms with van der Waals surface area (Å²) in [5.74, 6) is -0.480. The van der Waals surface area contributed by atoms with E-state index in [1.807, 2.05) is 55.5 Å². The van der Waals surface area contributed by atoms with Crippen LogP contribution >= 0.6 is 35.4 Å². The number of thiocarbonyl (C=S) groups is 1. The van der Waals surface area contributed by atoms with Gasteiger partial charge in [-0.25, -0.2) is 0 Å². The van der Waals surface area contributed by atoms with Crippen molar-refractivity contribution < 1.29 is 0 Å². The summed E-state index contributed by atoms with van der Waals surface area (Å²) in [5.41, 5.74) is 4.21. The number of halogens is 2. The van der Waals surface area contributed by atoms with Crippen LogP contribution in [0.5, 0.6) is 0 Å². The Morgan fingerprint density at radius 2 is 1.68 bits per heavy atom. The van der Waals surface area contributed by atoms with Crippen LogP contribution in [-0.4, -0.2) is 5.11 Å². The van der Waals surface area contributed by atoms with E-state index in [1.54, 1.807) is 18.2 Å². The highest BCUT2D eigenvalue weighted by Crippen LogP contribution is 2.34. The molecule has 0 aromatic heterocycles. The van der Waals surface area contributed by atoms with Crippen molar-refractivity contribution >= 4 is 51.9 Å². The summed E-state index contributed by atoms with van der Waals surface area (Å²) in [6.45, 7) is 1.95. The molecule has 6 heteroatoms. The molecule has 3 nitrogen and oxygen atoms in total. The molecule has 3 aromatic rings. The molecule has 0 fully saturated rings. The number of benzene rings is 3.